The summed E-state index contributed by atoms with van der Waals surface area (Å²) in [5, 5.41) is 0.337. The Morgan fingerprint density at radius 3 is 2.31 bits per heavy atom. The Balaban J connectivity index is 1.78. The molecule has 0 radical (unpaired) electrons. The van der Waals surface area contributed by atoms with E-state index < -0.39 is 38.3 Å². The number of rotatable bonds is 4. The maximum Gasteiger partial charge on any atom is 0.257 e. The minimum atomic E-state index is -4.40. The Kier molecular flexibility index (Phi) is 6.06. The van der Waals surface area contributed by atoms with Crippen molar-refractivity contribution < 1.29 is 31.1 Å². The minimum absolute atomic E-state index is 0.0129. The standard InChI is InChI=1S/C18H16ClF3N2O4S/c1-28-14-4-2-11(19)10-12(14)18(25)23-6-8-24(9-7-23)29(26,27)15-5-3-13(20)16(21)17(15)22/h2-5,10H,6-9H2,1H3. The van der Waals surface area contributed by atoms with Crippen molar-refractivity contribution in [1.82, 2.24) is 9.21 Å². The van der Waals surface area contributed by atoms with Gasteiger partial charge in [-0.05, 0) is 30.3 Å². The molecular weight excluding hydrogens is 433 g/mol. The summed E-state index contributed by atoms with van der Waals surface area (Å²) in [7, 11) is -2.99. The van der Waals surface area contributed by atoms with Crippen molar-refractivity contribution in [3.8, 4) is 5.75 Å². The molecule has 29 heavy (non-hydrogen) atoms. The van der Waals surface area contributed by atoms with E-state index in [1.807, 2.05) is 0 Å². The number of amides is 1. The molecule has 0 spiro atoms. The average molecular weight is 449 g/mol. The summed E-state index contributed by atoms with van der Waals surface area (Å²) in [5.74, 6) is -5.19. The molecule has 3 rings (SSSR count). The van der Waals surface area contributed by atoms with Gasteiger partial charge in [0.1, 0.15) is 10.6 Å². The lowest BCUT2D eigenvalue weighted by molar-refractivity contribution is 0.0694. The highest BCUT2D eigenvalue weighted by Crippen LogP contribution is 2.27. The second kappa shape index (κ2) is 8.21. The van der Waals surface area contributed by atoms with Crippen LogP contribution in [-0.2, 0) is 10.0 Å². The van der Waals surface area contributed by atoms with Crippen molar-refractivity contribution in [2.45, 2.75) is 4.90 Å². The van der Waals surface area contributed by atoms with Crippen LogP contribution >= 0.6 is 11.6 Å². The molecule has 6 nitrogen and oxygen atoms in total. The summed E-state index contributed by atoms with van der Waals surface area (Å²) in [6, 6.07) is 5.79. The molecule has 1 aliphatic heterocycles. The number of sulfonamides is 1. The van der Waals surface area contributed by atoms with Crippen LogP contribution in [0.4, 0.5) is 13.2 Å². The van der Waals surface area contributed by atoms with Gasteiger partial charge in [0.2, 0.25) is 10.0 Å². The lowest BCUT2D eigenvalue weighted by Crippen LogP contribution is -2.50. The van der Waals surface area contributed by atoms with Gasteiger partial charge in [0.25, 0.3) is 5.91 Å². The van der Waals surface area contributed by atoms with Gasteiger partial charge >= 0.3 is 0 Å². The van der Waals surface area contributed by atoms with Gasteiger partial charge in [-0.1, -0.05) is 11.6 Å². The number of carbonyl (C=O) groups excluding carboxylic acids is 1. The molecule has 0 bridgehead atoms. The van der Waals surface area contributed by atoms with Crippen molar-refractivity contribution >= 4 is 27.5 Å². The zero-order chi connectivity index (χ0) is 21.3. The van der Waals surface area contributed by atoms with E-state index in [1.54, 1.807) is 12.1 Å². The van der Waals surface area contributed by atoms with E-state index in [9.17, 15) is 26.4 Å². The van der Waals surface area contributed by atoms with Gasteiger partial charge in [-0.2, -0.15) is 4.31 Å². The third kappa shape index (κ3) is 4.05. The Bertz CT molecular complexity index is 1060. The number of methoxy groups -OCH3 is 1. The first-order valence-electron chi connectivity index (χ1n) is 8.43. The van der Waals surface area contributed by atoms with Crippen molar-refractivity contribution in [3.05, 3.63) is 58.4 Å². The van der Waals surface area contributed by atoms with E-state index >= 15 is 0 Å². The van der Waals surface area contributed by atoms with Crippen molar-refractivity contribution in [2.75, 3.05) is 33.3 Å². The normalized spacial score (nSPS) is 15.4. The van der Waals surface area contributed by atoms with Gasteiger partial charge in [-0.15, -0.1) is 0 Å². The fraction of sp³-hybridized carbons (Fsp3) is 0.278. The maximum absolute atomic E-state index is 13.9. The molecule has 0 N–H and O–H groups in total. The lowest BCUT2D eigenvalue weighted by Gasteiger charge is -2.34. The number of nitrogens with zero attached hydrogens (tertiary/aromatic N) is 2. The van der Waals surface area contributed by atoms with Crippen molar-refractivity contribution in [1.29, 1.82) is 0 Å². The first kappa shape index (κ1) is 21.4. The summed E-state index contributed by atoms with van der Waals surface area (Å²) >= 11 is 5.94. The highest BCUT2D eigenvalue weighted by Gasteiger charge is 2.34. The average Bonchev–Trinajstić information content (AvgIpc) is 2.71. The van der Waals surface area contributed by atoms with E-state index in [2.05, 4.69) is 0 Å². The summed E-state index contributed by atoms with van der Waals surface area (Å²) < 4.78 is 71.8. The van der Waals surface area contributed by atoms with Crippen LogP contribution < -0.4 is 4.74 Å². The fourth-order valence-electron chi connectivity index (χ4n) is 3.00. The molecule has 0 aliphatic carbocycles. The summed E-state index contributed by atoms with van der Waals surface area (Å²) in [6.07, 6.45) is 0. The van der Waals surface area contributed by atoms with Crippen molar-refractivity contribution in [3.63, 3.8) is 0 Å². The monoisotopic (exact) mass is 448 g/mol. The number of halogens is 4. The summed E-state index contributed by atoms with van der Waals surface area (Å²) in [4.78, 5) is 13.2. The molecule has 2 aromatic rings. The molecule has 0 aromatic heterocycles. The number of carbonyl (C=O) groups is 1. The molecule has 1 fully saturated rings. The third-order valence-electron chi connectivity index (χ3n) is 4.54. The topological polar surface area (TPSA) is 66.9 Å². The van der Waals surface area contributed by atoms with Crippen molar-refractivity contribution in [2.24, 2.45) is 0 Å². The Morgan fingerprint density at radius 1 is 1.03 bits per heavy atom. The predicted molar refractivity (Wildman–Crippen MR) is 99.0 cm³/mol. The summed E-state index contributed by atoms with van der Waals surface area (Å²) in [6.45, 7) is -0.261. The van der Waals surface area contributed by atoms with Crippen LogP contribution in [0.3, 0.4) is 0 Å². The molecule has 1 saturated heterocycles. The number of benzene rings is 2. The Labute approximate surface area is 170 Å². The lowest BCUT2D eigenvalue weighted by atomic mass is 10.1. The van der Waals surface area contributed by atoms with Gasteiger partial charge in [-0.3, -0.25) is 4.79 Å². The Hall–Kier alpha value is -2.30. The zero-order valence-corrected chi connectivity index (χ0v) is 16.7. The van der Waals surface area contributed by atoms with Gasteiger partial charge in [-0.25, -0.2) is 21.6 Å². The van der Waals surface area contributed by atoms with Gasteiger partial charge in [0, 0.05) is 31.2 Å². The zero-order valence-electron chi connectivity index (χ0n) is 15.2. The number of ether oxygens (including phenoxy) is 1. The van der Waals surface area contributed by atoms with Crippen LogP contribution in [0.5, 0.6) is 5.75 Å². The highest BCUT2D eigenvalue weighted by atomic mass is 35.5. The fourth-order valence-corrected chi connectivity index (χ4v) is 4.65. The molecule has 2 aromatic carbocycles. The molecular formula is C18H16ClF3N2O4S. The maximum atomic E-state index is 13.9. The SMILES string of the molecule is COc1ccc(Cl)cc1C(=O)N1CCN(S(=O)(=O)c2ccc(F)c(F)c2F)CC1. The minimum Gasteiger partial charge on any atom is -0.496 e. The second-order valence-corrected chi connectivity index (χ2v) is 8.56. The first-order valence-corrected chi connectivity index (χ1v) is 10.2. The first-order chi connectivity index (χ1) is 13.7. The van der Waals surface area contributed by atoms with E-state index in [1.165, 1.54) is 18.1 Å². The van der Waals surface area contributed by atoms with E-state index in [0.717, 1.165) is 4.31 Å². The largest absolute Gasteiger partial charge is 0.496 e. The molecule has 0 unspecified atom stereocenters. The predicted octanol–water partition coefficient (Wildman–Crippen LogP) is 2.91. The van der Waals surface area contributed by atoms with Crippen LogP contribution in [0.2, 0.25) is 5.02 Å². The highest BCUT2D eigenvalue weighted by molar-refractivity contribution is 7.89. The van der Waals surface area contributed by atoms with E-state index in [-0.39, 0.29) is 31.7 Å². The Morgan fingerprint density at radius 2 is 1.69 bits per heavy atom. The van der Waals surface area contributed by atoms with Crippen LogP contribution in [0.1, 0.15) is 10.4 Å². The molecule has 11 heteroatoms. The van der Waals surface area contributed by atoms with Crippen LogP contribution in [0, 0.1) is 17.5 Å². The molecule has 1 heterocycles. The molecule has 1 aliphatic rings. The summed E-state index contributed by atoms with van der Waals surface area (Å²) in [5.41, 5.74) is 0.225. The number of hydrogen-bond donors (Lipinski definition) is 0. The molecule has 1 amide bonds. The third-order valence-corrected chi connectivity index (χ3v) is 6.69. The quantitative estimate of drug-likeness (QED) is 0.675. The number of hydrogen-bond acceptors (Lipinski definition) is 4. The molecule has 0 atom stereocenters. The number of piperazine rings is 1. The van der Waals surface area contributed by atoms with E-state index in [0.29, 0.717) is 22.9 Å². The van der Waals surface area contributed by atoms with E-state index in [4.69, 9.17) is 16.3 Å². The van der Waals surface area contributed by atoms with Crippen LogP contribution in [-0.4, -0.2) is 56.8 Å². The van der Waals surface area contributed by atoms with Crippen LogP contribution in [0.25, 0.3) is 0 Å². The van der Waals surface area contributed by atoms with Gasteiger partial charge in [0.05, 0.1) is 12.7 Å². The molecule has 0 saturated carbocycles. The van der Waals surface area contributed by atoms with Gasteiger partial charge < -0.3 is 9.64 Å². The molecule has 156 valence electrons. The second-order valence-electron chi connectivity index (χ2n) is 6.21. The van der Waals surface area contributed by atoms with Crippen LogP contribution in [0.15, 0.2) is 35.2 Å². The smallest absolute Gasteiger partial charge is 0.257 e. The van der Waals surface area contributed by atoms with Gasteiger partial charge in [0.15, 0.2) is 17.5 Å².